The average molecular weight is 636 g/mol. The Morgan fingerprint density at radius 3 is 2.49 bits per heavy atom. The van der Waals surface area contributed by atoms with Gasteiger partial charge in [0.2, 0.25) is 5.95 Å². The number of nitrogens with one attached hydrogen (secondary N) is 1. The minimum Gasteiger partial charge on any atom is -0.493 e. The monoisotopic (exact) mass is 635 g/mol. The molecule has 8 rings (SSSR count). The van der Waals surface area contributed by atoms with Crippen molar-refractivity contribution in [2.75, 3.05) is 56.2 Å². The first kappa shape index (κ1) is 30.3. The third kappa shape index (κ3) is 5.97. The summed E-state index contributed by atoms with van der Waals surface area (Å²) in [5.74, 6) is 1.13. The van der Waals surface area contributed by atoms with Crippen LogP contribution in [0.4, 0.5) is 11.6 Å². The van der Waals surface area contributed by atoms with Crippen LogP contribution in [0.2, 0.25) is 0 Å². The summed E-state index contributed by atoms with van der Waals surface area (Å²) in [5, 5.41) is 3.16. The lowest BCUT2D eigenvalue weighted by Gasteiger charge is -2.50. The lowest BCUT2D eigenvalue weighted by molar-refractivity contribution is -0.0834. The highest BCUT2D eigenvalue weighted by atomic mass is 16.5. The van der Waals surface area contributed by atoms with E-state index in [0.717, 1.165) is 85.8 Å². The molecule has 10 nitrogen and oxygen atoms in total. The van der Waals surface area contributed by atoms with Crippen LogP contribution in [0.5, 0.6) is 5.75 Å². The van der Waals surface area contributed by atoms with E-state index in [1.807, 2.05) is 32.0 Å². The number of carbonyl (C=O) groups is 1. The van der Waals surface area contributed by atoms with E-state index >= 15 is 0 Å². The predicted molar refractivity (Wildman–Crippen MR) is 183 cm³/mol. The smallest absolute Gasteiger partial charge is 0.258 e. The Labute approximate surface area is 276 Å². The molecular formula is C37H45N7O3. The lowest BCUT2D eigenvalue weighted by atomic mass is 9.71. The van der Waals surface area contributed by atoms with Gasteiger partial charge >= 0.3 is 0 Å². The number of rotatable bonds is 2. The maximum Gasteiger partial charge on any atom is 0.258 e. The number of amides is 1. The van der Waals surface area contributed by atoms with Crippen LogP contribution < -0.4 is 15.0 Å². The third-order valence-corrected chi connectivity index (χ3v) is 11.0. The number of pyridine rings is 2. The van der Waals surface area contributed by atoms with Crippen LogP contribution in [0.1, 0.15) is 66.7 Å². The Kier molecular flexibility index (Phi) is 8.09. The number of likely N-dealkylation sites (tertiary alicyclic amines) is 1. The van der Waals surface area contributed by atoms with Gasteiger partial charge in [-0.15, -0.1) is 0 Å². The zero-order chi connectivity index (χ0) is 32.0. The molecule has 0 radical (unpaired) electrons. The molecule has 1 spiro atoms. The minimum atomic E-state index is -0.204. The highest BCUT2D eigenvalue weighted by Gasteiger charge is 2.40. The van der Waals surface area contributed by atoms with Crippen molar-refractivity contribution in [1.29, 1.82) is 0 Å². The molecule has 0 saturated carbocycles. The Hall–Kier alpha value is -4.02. The lowest BCUT2D eigenvalue weighted by Crippen LogP contribution is -2.54. The van der Waals surface area contributed by atoms with Crippen LogP contribution in [-0.4, -0.2) is 82.4 Å². The number of ether oxygens (including phenoxy) is 2. The van der Waals surface area contributed by atoms with E-state index in [0.29, 0.717) is 35.3 Å². The second-order valence-corrected chi connectivity index (χ2v) is 14.0. The normalized spacial score (nSPS) is 20.8. The molecule has 4 aliphatic rings. The summed E-state index contributed by atoms with van der Waals surface area (Å²) in [6.07, 6.45) is 9.74. The second kappa shape index (κ2) is 12.5. The quantitative estimate of drug-likeness (QED) is 0.286. The molecule has 1 amide bonds. The fraction of sp³-hybridized carbons (Fsp3) is 0.514. The summed E-state index contributed by atoms with van der Waals surface area (Å²) in [6.45, 7) is 11.6. The van der Waals surface area contributed by atoms with E-state index in [9.17, 15) is 4.79 Å². The molecule has 2 bridgehead atoms. The molecule has 3 saturated heterocycles. The summed E-state index contributed by atoms with van der Waals surface area (Å²) < 4.78 is 13.9. The van der Waals surface area contributed by atoms with E-state index < -0.39 is 0 Å². The molecule has 0 aliphatic carbocycles. The maximum absolute atomic E-state index is 13.8. The van der Waals surface area contributed by atoms with Gasteiger partial charge in [0.1, 0.15) is 5.75 Å². The zero-order valence-electron chi connectivity index (χ0n) is 27.6. The Morgan fingerprint density at radius 1 is 0.894 bits per heavy atom. The molecule has 4 aliphatic heterocycles. The summed E-state index contributed by atoms with van der Waals surface area (Å²) in [7, 11) is 0. The first-order valence-electron chi connectivity index (χ1n) is 17.4. The van der Waals surface area contributed by atoms with Gasteiger partial charge in [-0.3, -0.25) is 25.0 Å². The number of anilines is 2. The Bertz CT molecular complexity index is 1780. The van der Waals surface area contributed by atoms with Crippen molar-refractivity contribution in [3.63, 3.8) is 0 Å². The van der Waals surface area contributed by atoms with Crippen LogP contribution in [0.15, 0.2) is 42.6 Å². The molecule has 1 N–H and O–H groups in total. The van der Waals surface area contributed by atoms with Crippen molar-refractivity contribution >= 4 is 28.6 Å². The molecule has 246 valence electrons. The van der Waals surface area contributed by atoms with Gasteiger partial charge in [-0.2, -0.15) is 0 Å². The summed E-state index contributed by atoms with van der Waals surface area (Å²) in [6, 6.07) is 12.8. The van der Waals surface area contributed by atoms with Crippen LogP contribution in [-0.2, 0) is 11.3 Å². The average Bonchev–Trinajstić information content (AvgIpc) is 3.38. The SMILES string of the molecule is Cc1cc2cc(n1)-c1c(ccnc1C)OCCCCCn1c(nc3ccc(N4CCC5(CC4)CCN(C4COC4)CC5)cc31)NC2=O. The van der Waals surface area contributed by atoms with Crippen LogP contribution in [0.25, 0.3) is 22.3 Å². The van der Waals surface area contributed by atoms with Crippen molar-refractivity contribution in [2.24, 2.45) is 5.41 Å². The van der Waals surface area contributed by atoms with E-state index in [2.05, 4.69) is 42.9 Å². The van der Waals surface area contributed by atoms with Gasteiger partial charge in [-0.05, 0) is 114 Å². The van der Waals surface area contributed by atoms with Gasteiger partial charge in [0.15, 0.2) is 0 Å². The number of carbonyl (C=O) groups excluding carboxylic acids is 1. The number of hydrogen-bond donors (Lipinski definition) is 1. The molecule has 0 unspecified atom stereocenters. The van der Waals surface area contributed by atoms with Crippen molar-refractivity contribution in [2.45, 2.75) is 71.4 Å². The molecule has 7 heterocycles. The molecule has 3 aromatic heterocycles. The number of piperidine rings is 2. The zero-order valence-corrected chi connectivity index (χ0v) is 27.6. The standard InChI is InChI=1S/C37H45N7O3/c1-25-20-27-21-31(39-25)34-26(2)38-13-8-33(34)47-19-5-3-4-14-44-32-22-28(6-7-30(32)40-36(44)41-35(27)45)42-15-9-37(10-16-42)11-17-43(18-12-37)29-23-46-24-29/h6-8,13,20-22,29H,3-5,9-12,14-19,23-24H2,1-2H3,(H,40,41,45). The van der Waals surface area contributed by atoms with Gasteiger partial charge in [0.25, 0.3) is 5.91 Å². The predicted octanol–water partition coefficient (Wildman–Crippen LogP) is 6.01. The first-order valence-corrected chi connectivity index (χ1v) is 17.4. The number of imidazole rings is 1. The van der Waals surface area contributed by atoms with Gasteiger partial charge in [-0.1, -0.05) is 0 Å². The van der Waals surface area contributed by atoms with Crippen LogP contribution in [0, 0.1) is 19.3 Å². The van der Waals surface area contributed by atoms with Crippen molar-refractivity contribution in [3.05, 3.63) is 59.5 Å². The third-order valence-electron chi connectivity index (χ3n) is 11.0. The van der Waals surface area contributed by atoms with Gasteiger partial charge < -0.3 is 18.9 Å². The first-order chi connectivity index (χ1) is 22.9. The van der Waals surface area contributed by atoms with E-state index in [1.165, 1.54) is 44.5 Å². The van der Waals surface area contributed by atoms with Crippen molar-refractivity contribution < 1.29 is 14.3 Å². The number of hydrogen-bond acceptors (Lipinski definition) is 8. The summed E-state index contributed by atoms with van der Waals surface area (Å²) in [4.78, 5) is 33.2. The van der Waals surface area contributed by atoms with E-state index in [4.69, 9.17) is 19.4 Å². The molecule has 4 aromatic rings. The summed E-state index contributed by atoms with van der Waals surface area (Å²) in [5.41, 5.74) is 7.31. The van der Waals surface area contributed by atoms with Crippen molar-refractivity contribution in [3.8, 4) is 17.0 Å². The number of benzene rings is 1. The molecule has 0 atom stereocenters. The topological polar surface area (TPSA) is 97.6 Å². The van der Waals surface area contributed by atoms with Gasteiger partial charge in [-0.25, -0.2) is 4.98 Å². The number of nitrogens with zero attached hydrogens (tertiary/aromatic N) is 6. The fourth-order valence-corrected chi connectivity index (χ4v) is 7.97. The Balaban J connectivity index is 1.05. The molecule has 1 aromatic carbocycles. The number of aryl methyl sites for hydroxylation is 3. The van der Waals surface area contributed by atoms with Gasteiger partial charge in [0.05, 0.1) is 53.8 Å². The summed E-state index contributed by atoms with van der Waals surface area (Å²) >= 11 is 0. The van der Waals surface area contributed by atoms with Crippen LogP contribution in [0.3, 0.4) is 0 Å². The maximum atomic E-state index is 13.8. The number of aromatic nitrogens is 4. The van der Waals surface area contributed by atoms with Crippen molar-refractivity contribution in [1.82, 2.24) is 24.4 Å². The fourth-order valence-electron chi connectivity index (χ4n) is 7.97. The highest BCUT2D eigenvalue weighted by molar-refractivity contribution is 6.05. The molecule has 10 heteroatoms. The second-order valence-electron chi connectivity index (χ2n) is 14.0. The highest BCUT2D eigenvalue weighted by Crippen LogP contribution is 2.43. The number of fused-ring (bicyclic) bond motifs is 7. The molecular weight excluding hydrogens is 590 g/mol. The minimum absolute atomic E-state index is 0.204. The van der Waals surface area contributed by atoms with Gasteiger partial charge in [0, 0.05) is 42.8 Å². The largest absolute Gasteiger partial charge is 0.493 e. The van der Waals surface area contributed by atoms with E-state index in [-0.39, 0.29) is 5.91 Å². The van der Waals surface area contributed by atoms with E-state index in [1.54, 1.807) is 6.20 Å². The molecule has 3 fully saturated rings. The van der Waals surface area contributed by atoms with Crippen LogP contribution >= 0.6 is 0 Å². The Morgan fingerprint density at radius 2 is 1.70 bits per heavy atom. The molecule has 47 heavy (non-hydrogen) atoms.